The quantitative estimate of drug-likeness (QED) is 0.275. The van der Waals surface area contributed by atoms with Gasteiger partial charge >= 0.3 is 0 Å². The van der Waals surface area contributed by atoms with Gasteiger partial charge in [-0.25, -0.2) is 8.42 Å². The first-order valence-corrected chi connectivity index (χ1v) is 15.3. The fourth-order valence-corrected chi connectivity index (χ4v) is 5.89. The molecule has 0 fully saturated rings. The maximum Gasteiger partial charge on any atom is 0.264 e. The molecule has 3 aromatic carbocycles. The number of sulfonamides is 1. The largest absolute Gasteiger partial charge is 0.495 e. The third-order valence-corrected chi connectivity index (χ3v) is 9.23. The molecule has 0 radical (unpaired) electrons. The zero-order valence-corrected chi connectivity index (χ0v) is 26.1. The molecule has 41 heavy (non-hydrogen) atoms. The summed E-state index contributed by atoms with van der Waals surface area (Å²) < 4.78 is 34.1. The summed E-state index contributed by atoms with van der Waals surface area (Å²) in [6, 6.07) is 16.8. The number of amides is 2. The van der Waals surface area contributed by atoms with E-state index in [1.165, 1.54) is 42.3 Å². The number of rotatable bonds is 12. The van der Waals surface area contributed by atoms with Crippen LogP contribution in [0.4, 0.5) is 5.69 Å². The van der Waals surface area contributed by atoms with Gasteiger partial charge in [-0.05, 0) is 69.2 Å². The number of anilines is 1. The van der Waals surface area contributed by atoms with Gasteiger partial charge in [0.15, 0.2) is 0 Å². The van der Waals surface area contributed by atoms with Gasteiger partial charge in [-0.3, -0.25) is 13.9 Å². The number of benzene rings is 3. The molecular weight excluding hydrogens is 585 g/mol. The van der Waals surface area contributed by atoms with E-state index in [2.05, 4.69) is 5.32 Å². The Hall–Kier alpha value is -3.27. The third-order valence-electron chi connectivity index (χ3n) is 6.78. The molecule has 11 heteroatoms. The monoisotopic (exact) mass is 619 g/mol. The SMILES string of the molecule is CC[C@H](C)NC(=O)[C@@H](C)N(Cc1ccccc1Cl)C(=O)CN(c1ccc(OC)c(Cl)c1)S(=O)(=O)c1ccc(C)cc1. The molecule has 0 aliphatic heterocycles. The summed E-state index contributed by atoms with van der Waals surface area (Å²) in [5.41, 5.74) is 1.66. The highest BCUT2D eigenvalue weighted by atomic mass is 35.5. The average molecular weight is 621 g/mol. The van der Waals surface area contributed by atoms with Gasteiger partial charge in [-0.1, -0.05) is 66.0 Å². The number of hydrogen-bond acceptors (Lipinski definition) is 5. The molecule has 0 unspecified atom stereocenters. The van der Waals surface area contributed by atoms with Crippen LogP contribution < -0.4 is 14.4 Å². The maximum absolute atomic E-state index is 14.0. The smallest absolute Gasteiger partial charge is 0.264 e. The Morgan fingerprint density at radius 3 is 2.22 bits per heavy atom. The minimum absolute atomic E-state index is 0.00283. The first kappa shape index (κ1) is 32.2. The van der Waals surface area contributed by atoms with Crippen molar-refractivity contribution in [3.8, 4) is 5.75 Å². The van der Waals surface area contributed by atoms with Crippen LogP contribution >= 0.6 is 23.2 Å². The van der Waals surface area contributed by atoms with Crippen LogP contribution in [0.3, 0.4) is 0 Å². The highest BCUT2D eigenvalue weighted by molar-refractivity contribution is 7.92. The number of nitrogens with one attached hydrogen (secondary N) is 1. The average Bonchev–Trinajstić information content (AvgIpc) is 2.95. The van der Waals surface area contributed by atoms with Crippen molar-refractivity contribution in [1.29, 1.82) is 0 Å². The second-order valence-electron chi connectivity index (χ2n) is 9.75. The van der Waals surface area contributed by atoms with Crippen molar-refractivity contribution in [1.82, 2.24) is 10.2 Å². The Morgan fingerprint density at radius 2 is 1.63 bits per heavy atom. The number of halogens is 2. The van der Waals surface area contributed by atoms with Crippen LogP contribution in [-0.2, 0) is 26.2 Å². The van der Waals surface area contributed by atoms with Crippen LogP contribution in [0.1, 0.15) is 38.3 Å². The lowest BCUT2D eigenvalue weighted by Crippen LogP contribution is -2.52. The van der Waals surface area contributed by atoms with Gasteiger partial charge in [0.05, 0.1) is 22.7 Å². The molecule has 2 amide bonds. The Kier molecular flexibility index (Phi) is 11.1. The molecule has 8 nitrogen and oxygen atoms in total. The van der Waals surface area contributed by atoms with Crippen LogP contribution in [-0.4, -0.2) is 50.9 Å². The van der Waals surface area contributed by atoms with Crippen molar-refractivity contribution in [3.63, 3.8) is 0 Å². The van der Waals surface area contributed by atoms with Crippen LogP contribution in [0.15, 0.2) is 71.6 Å². The summed E-state index contributed by atoms with van der Waals surface area (Å²) >= 11 is 12.8. The van der Waals surface area contributed by atoms with Crippen molar-refractivity contribution >= 4 is 50.7 Å². The molecule has 220 valence electrons. The normalized spacial score (nSPS) is 12.8. The molecular formula is C30H35Cl2N3O5S. The lowest BCUT2D eigenvalue weighted by Gasteiger charge is -2.32. The molecule has 2 atom stereocenters. The van der Waals surface area contributed by atoms with Gasteiger partial charge in [-0.2, -0.15) is 0 Å². The van der Waals surface area contributed by atoms with Crippen molar-refractivity contribution in [3.05, 3.63) is 87.9 Å². The predicted octanol–water partition coefficient (Wildman–Crippen LogP) is 5.84. The zero-order valence-electron chi connectivity index (χ0n) is 23.7. The third kappa shape index (κ3) is 7.93. The van der Waals surface area contributed by atoms with E-state index in [0.29, 0.717) is 22.8 Å². The zero-order chi connectivity index (χ0) is 30.3. The van der Waals surface area contributed by atoms with E-state index >= 15 is 0 Å². The van der Waals surface area contributed by atoms with Crippen molar-refractivity contribution < 1.29 is 22.7 Å². The number of methoxy groups -OCH3 is 1. The summed E-state index contributed by atoms with van der Waals surface area (Å²) in [4.78, 5) is 28.5. The van der Waals surface area contributed by atoms with E-state index in [1.807, 2.05) is 20.8 Å². The van der Waals surface area contributed by atoms with Gasteiger partial charge in [0, 0.05) is 17.6 Å². The lowest BCUT2D eigenvalue weighted by atomic mass is 10.1. The highest BCUT2D eigenvalue weighted by Gasteiger charge is 2.33. The van der Waals surface area contributed by atoms with Crippen LogP contribution in [0, 0.1) is 6.92 Å². The fraction of sp³-hybridized carbons (Fsp3) is 0.333. The summed E-state index contributed by atoms with van der Waals surface area (Å²) in [5.74, 6) is -0.607. The number of carbonyl (C=O) groups excluding carboxylic acids is 2. The molecule has 1 N–H and O–H groups in total. The first-order chi connectivity index (χ1) is 19.4. The summed E-state index contributed by atoms with van der Waals surface area (Å²) in [6.07, 6.45) is 0.706. The second-order valence-corrected chi connectivity index (χ2v) is 12.4. The van der Waals surface area contributed by atoms with Gasteiger partial charge in [0.25, 0.3) is 10.0 Å². The predicted molar refractivity (Wildman–Crippen MR) is 163 cm³/mol. The summed E-state index contributed by atoms with van der Waals surface area (Å²) in [7, 11) is -2.78. The number of nitrogens with zero attached hydrogens (tertiary/aromatic N) is 2. The first-order valence-electron chi connectivity index (χ1n) is 13.1. The highest BCUT2D eigenvalue weighted by Crippen LogP contribution is 2.32. The van der Waals surface area contributed by atoms with Crippen molar-refractivity contribution in [2.45, 2.75) is 57.6 Å². The molecule has 0 saturated heterocycles. The van der Waals surface area contributed by atoms with E-state index in [1.54, 1.807) is 43.3 Å². The Labute approximate surface area is 252 Å². The van der Waals surface area contributed by atoms with E-state index in [0.717, 1.165) is 9.87 Å². The summed E-state index contributed by atoms with van der Waals surface area (Å²) in [6.45, 7) is 6.67. The topological polar surface area (TPSA) is 96.0 Å². The second kappa shape index (κ2) is 14.1. The van der Waals surface area contributed by atoms with Crippen molar-refractivity contribution in [2.75, 3.05) is 18.0 Å². The molecule has 0 saturated carbocycles. The maximum atomic E-state index is 14.0. The van der Waals surface area contributed by atoms with Gasteiger partial charge in [-0.15, -0.1) is 0 Å². The van der Waals surface area contributed by atoms with Gasteiger partial charge in [0.2, 0.25) is 11.8 Å². The molecule has 0 bridgehead atoms. The number of hydrogen-bond donors (Lipinski definition) is 1. The van der Waals surface area contributed by atoms with Gasteiger partial charge in [0.1, 0.15) is 18.3 Å². The van der Waals surface area contributed by atoms with E-state index in [-0.39, 0.29) is 34.1 Å². The number of ether oxygens (including phenoxy) is 1. The fourth-order valence-electron chi connectivity index (χ4n) is 4.03. The Bertz CT molecular complexity index is 1480. The van der Waals surface area contributed by atoms with Crippen LogP contribution in [0.25, 0.3) is 0 Å². The molecule has 3 rings (SSSR count). The molecule has 0 aromatic heterocycles. The van der Waals surface area contributed by atoms with Crippen molar-refractivity contribution in [2.24, 2.45) is 0 Å². The molecule has 0 aliphatic rings. The van der Waals surface area contributed by atoms with E-state index < -0.39 is 28.5 Å². The Balaban J connectivity index is 2.07. The Morgan fingerprint density at radius 1 is 0.976 bits per heavy atom. The van der Waals surface area contributed by atoms with Gasteiger partial charge < -0.3 is 15.0 Å². The standard InChI is InChI=1S/C30H35Cl2N3O5S/c1-6-21(3)33-30(37)22(4)34(18-23-9-7-8-10-26(23)31)29(36)19-35(24-13-16-28(40-5)27(32)17-24)41(38,39)25-14-11-20(2)12-15-25/h7-17,21-22H,6,18-19H2,1-5H3,(H,33,37)/t21-,22+/m0/s1. The minimum atomic E-state index is -4.23. The van der Waals surface area contributed by atoms with Crippen LogP contribution in [0.5, 0.6) is 5.75 Å². The summed E-state index contributed by atoms with van der Waals surface area (Å²) in [5, 5.41) is 3.50. The molecule has 0 heterocycles. The molecule has 0 spiro atoms. The lowest BCUT2D eigenvalue weighted by molar-refractivity contribution is -0.139. The number of aryl methyl sites for hydroxylation is 1. The van der Waals surface area contributed by atoms with E-state index in [4.69, 9.17) is 27.9 Å². The van der Waals surface area contributed by atoms with E-state index in [9.17, 15) is 18.0 Å². The molecule has 0 aliphatic carbocycles. The van der Waals surface area contributed by atoms with Crippen LogP contribution in [0.2, 0.25) is 10.0 Å². The molecule has 3 aromatic rings. The minimum Gasteiger partial charge on any atom is -0.495 e. The number of carbonyl (C=O) groups is 2.